The molecule has 1 amide bonds. The van der Waals surface area contributed by atoms with E-state index < -0.39 is 0 Å². The minimum atomic E-state index is -0.0299. The van der Waals surface area contributed by atoms with Gasteiger partial charge in [0.05, 0.1) is 12.2 Å². The highest BCUT2D eigenvalue weighted by Gasteiger charge is 2.29. The minimum absolute atomic E-state index is 0.0299. The molecule has 2 saturated heterocycles. The summed E-state index contributed by atoms with van der Waals surface area (Å²) >= 11 is 5.94. The number of nitrogens with one attached hydrogen (secondary N) is 2. The van der Waals surface area contributed by atoms with Crippen LogP contribution in [0.3, 0.4) is 0 Å². The van der Waals surface area contributed by atoms with Gasteiger partial charge in [-0.2, -0.15) is 0 Å². The Morgan fingerprint density at radius 2 is 2.30 bits per heavy atom. The first-order valence-corrected chi connectivity index (χ1v) is 7.47. The molecule has 2 N–H and O–H groups in total. The molecule has 2 bridgehead atoms. The van der Waals surface area contributed by atoms with Crippen LogP contribution in [0.2, 0.25) is 5.15 Å². The van der Waals surface area contributed by atoms with Crippen LogP contribution in [0.4, 0.5) is 5.69 Å². The van der Waals surface area contributed by atoms with Crippen LogP contribution in [0.1, 0.15) is 19.3 Å². The number of rotatable bonds is 3. The summed E-state index contributed by atoms with van der Waals surface area (Å²) in [7, 11) is 0. The number of anilines is 1. The quantitative estimate of drug-likeness (QED) is 0.830. The standard InChI is InChI=1S/C14H19ClN4O/c15-14-12(2-1-6-16-14)18-13(20)9-19-7-5-10-3-4-11(8-19)17-10/h1-2,6,10-11,17H,3-5,7-9H2,(H,18,20). The van der Waals surface area contributed by atoms with E-state index in [0.717, 1.165) is 19.5 Å². The second-order valence-corrected chi connectivity index (χ2v) is 5.91. The number of hydrogen-bond acceptors (Lipinski definition) is 4. The number of aromatic nitrogens is 1. The Morgan fingerprint density at radius 3 is 3.15 bits per heavy atom. The summed E-state index contributed by atoms with van der Waals surface area (Å²) in [6.07, 6.45) is 5.22. The maximum absolute atomic E-state index is 12.1. The van der Waals surface area contributed by atoms with Crippen LogP contribution in [0.25, 0.3) is 0 Å². The van der Waals surface area contributed by atoms with Gasteiger partial charge < -0.3 is 10.6 Å². The Morgan fingerprint density at radius 1 is 1.45 bits per heavy atom. The van der Waals surface area contributed by atoms with Crippen LogP contribution in [-0.4, -0.2) is 47.5 Å². The molecule has 2 atom stereocenters. The second-order valence-electron chi connectivity index (χ2n) is 5.55. The highest BCUT2D eigenvalue weighted by atomic mass is 35.5. The van der Waals surface area contributed by atoms with Crippen LogP contribution < -0.4 is 10.6 Å². The zero-order chi connectivity index (χ0) is 13.9. The molecule has 0 saturated carbocycles. The van der Waals surface area contributed by atoms with E-state index in [0.29, 0.717) is 29.5 Å². The fourth-order valence-electron chi connectivity index (χ4n) is 3.03. The Labute approximate surface area is 123 Å². The van der Waals surface area contributed by atoms with Crippen molar-refractivity contribution < 1.29 is 4.79 Å². The number of hydrogen-bond donors (Lipinski definition) is 2. The Balaban J connectivity index is 1.55. The number of pyridine rings is 1. The van der Waals surface area contributed by atoms with Crippen molar-refractivity contribution in [1.29, 1.82) is 0 Å². The molecular formula is C14H19ClN4O. The first kappa shape index (κ1) is 13.8. The molecular weight excluding hydrogens is 276 g/mol. The van der Waals surface area contributed by atoms with E-state index in [4.69, 9.17) is 11.6 Å². The number of likely N-dealkylation sites (tertiary alicyclic amines) is 1. The monoisotopic (exact) mass is 294 g/mol. The number of amides is 1. The fraction of sp³-hybridized carbons (Fsp3) is 0.571. The van der Waals surface area contributed by atoms with Gasteiger partial charge in [-0.15, -0.1) is 0 Å². The summed E-state index contributed by atoms with van der Waals surface area (Å²) in [4.78, 5) is 18.3. The summed E-state index contributed by atoms with van der Waals surface area (Å²) in [5, 5.41) is 6.77. The van der Waals surface area contributed by atoms with Gasteiger partial charge in [0.25, 0.3) is 0 Å². The average molecular weight is 295 g/mol. The lowest BCUT2D eigenvalue weighted by atomic mass is 10.1. The largest absolute Gasteiger partial charge is 0.322 e. The predicted octanol–water partition coefficient (Wildman–Crippen LogP) is 1.50. The zero-order valence-corrected chi connectivity index (χ0v) is 12.1. The molecule has 0 spiro atoms. The van der Waals surface area contributed by atoms with Gasteiger partial charge in [-0.1, -0.05) is 11.6 Å². The molecule has 1 aromatic heterocycles. The average Bonchev–Trinajstić information content (AvgIpc) is 2.76. The molecule has 3 rings (SSSR count). The van der Waals surface area contributed by atoms with Crippen molar-refractivity contribution >= 4 is 23.2 Å². The predicted molar refractivity (Wildman–Crippen MR) is 78.9 cm³/mol. The molecule has 5 nitrogen and oxygen atoms in total. The molecule has 6 heteroatoms. The van der Waals surface area contributed by atoms with Gasteiger partial charge in [0, 0.05) is 31.4 Å². The van der Waals surface area contributed by atoms with Crippen LogP contribution in [-0.2, 0) is 4.79 Å². The molecule has 108 valence electrons. The van der Waals surface area contributed by atoms with E-state index in [1.54, 1.807) is 18.3 Å². The summed E-state index contributed by atoms with van der Waals surface area (Å²) < 4.78 is 0. The van der Waals surface area contributed by atoms with Gasteiger partial charge >= 0.3 is 0 Å². The molecule has 2 unspecified atom stereocenters. The maximum atomic E-state index is 12.1. The number of nitrogens with zero attached hydrogens (tertiary/aromatic N) is 2. The highest BCUT2D eigenvalue weighted by molar-refractivity contribution is 6.32. The maximum Gasteiger partial charge on any atom is 0.238 e. The summed E-state index contributed by atoms with van der Waals surface area (Å²) in [5.41, 5.74) is 0.577. The fourth-order valence-corrected chi connectivity index (χ4v) is 3.20. The molecule has 3 heterocycles. The molecule has 20 heavy (non-hydrogen) atoms. The molecule has 0 radical (unpaired) electrons. The van der Waals surface area contributed by atoms with Crippen LogP contribution in [0, 0.1) is 0 Å². The third-order valence-corrected chi connectivity index (χ3v) is 4.31. The summed E-state index contributed by atoms with van der Waals surface area (Å²) in [6, 6.07) is 4.70. The van der Waals surface area contributed by atoms with Gasteiger partial charge in [-0.3, -0.25) is 9.69 Å². The van der Waals surface area contributed by atoms with Gasteiger partial charge in [0.1, 0.15) is 0 Å². The van der Waals surface area contributed by atoms with Crippen LogP contribution in [0.15, 0.2) is 18.3 Å². The second kappa shape index (κ2) is 6.08. The molecule has 0 aromatic carbocycles. The Bertz CT molecular complexity index is 496. The van der Waals surface area contributed by atoms with Crippen molar-refractivity contribution in [3.8, 4) is 0 Å². The van der Waals surface area contributed by atoms with E-state index in [-0.39, 0.29) is 5.91 Å². The molecule has 2 aliphatic heterocycles. The van der Waals surface area contributed by atoms with Gasteiger partial charge in [-0.25, -0.2) is 4.98 Å². The number of carbonyl (C=O) groups excluding carboxylic acids is 1. The van der Waals surface area contributed by atoms with Crippen molar-refractivity contribution in [2.45, 2.75) is 31.3 Å². The number of halogens is 1. The third-order valence-electron chi connectivity index (χ3n) is 4.01. The first-order chi connectivity index (χ1) is 9.70. The van der Waals surface area contributed by atoms with E-state index in [2.05, 4.69) is 20.5 Å². The normalized spacial score (nSPS) is 26.2. The summed E-state index contributed by atoms with van der Waals surface area (Å²) in [5.74, 6) is -0.0299. The van der Waals surface area contributed by atoms with Gasteiger partial charge in [0.2, 0.25) is 5.91 Å². The summed E-state index contributed by atoms with van der Waals surface area (Å²) in [6.45, 7) is 2.34. The molecule has 2 fully saturated rings. The van der Waals surface area contributed by atoms with E-state index >= 15 is 0 Å². The van der Waals surface area contributed by atoms with Crippen LogP contribution >= 0.6 is 11.6 Å². The third kappa shape index (κ3) is 3.29. The first-order valence-electron chi connectivity index (χ1n) is 7.09. The lowest BCUT2D eigenvalue weighted by Crippen LogP contribution is -2.39. The topological polar surface area (TPSA) is 57.3 Å². The Kier molecular flexibility index (Phi) is 4.19. The van der Waals surface area contributed by atoms with Gasteiger partial charge in [-0.05, 0) is 31.4 Å². The SMILES string of the molecule is O=C(CN1CCC2CCC(C1)N2)Nc1cccnc1Cl. The van der Waals surface area contributed by atoms with Gasteiger partial charge in [0.15, 0.2) is 5.15 Å². The van der Waals surface area contributed by atoms with Crippen molar-refractivity contribution in [1.82, 2.24) is 15.2 Å². The number of fused-ring (bicyclic) bond motifs is 2. The smallest absolute Gasteiger partial charge is 0.238 e. The zero-order valence-electron chi connectivity index (χ0n) is 11.3. The molecule has 2 aliphatic rings. The molecule has 1 aromatic rings. The van der Waals surface area contributed by atoms with E-state index in [1.165, 1.54) is 12.8 Å². The lowest BCUT2D eigenvalue weighted by molar-refractivity contribution is -0.117. The van der Waals surface area contributed by atoms with Crippen molar-refractivity contribution in [2.75, 3.05) is 25.0 Å². The highest BCUT2D eigenvalue weighted by Crippen LogP contribution is 2.21. The van der Waals surface area contributed by atoms with Crippen molar-refractivity contribution in [2.24, 2.45) is 0 Å². The minimum Gasteiger partial charge on any atom is -0.322 e. The lowest BCUT2D eigenvalue weighted by Gasteiger charge is -2.23. The Hall–Kier alpha value is -1.17. The van der Waals surface area contributed by atoms with Crippen molar-refractivity contribution in [3.05, 3.63) is 23.5 Å². The van der Waals surface area contributed by atoms with E-state index in [9.17, 15) is 4.79 Å². The van der Waals surface area contributed by atoms with E-state index in [1.807, 2.05) is 0 Å². The van der Waals surface area contributed by atoms with Crippen molar-refractivity contribution in [3.63, 3.8) is 0 Å². The number of carbonyl (C=O) groups is 1. The molecule has 0 aliphatic carbocycles. The van der Waals surface area contributed by atoms with Crippen LogP contribution in [0.5, 0.6) is 0 Å².